The minimum absolute atomic E-state index is 0.0528. The molecule has 0 bridgehead atoms. The van der Waals surface area contributed by atoms with Crippen molar-refractivity contribution in [3.63, 3.8) is 0 Å². The van der Waals surface area contributed by atoms with Gasteiger partial charge < -0.3 is 13.9 Å². The van der Waals surface area contributed by atoms with Gasteiger partial charge in [0.05, 0.1) is 34.8 Å². The topological polar surface area (TPSA) is 122 Å². The van der Waals surface area contributed by atoms with Crippen molar-refractivity contribution in [3.8, 4) is 23.1 Å². The number of aromatic nitrogens is 2. The first kappa shape index (κ1) is 27.1. The highest BCUT2D eigenvalue weighted by Gasteiger charge is 2.24. The fraction of sp³-hybridized carbons (Fsp3) is 0.207. The van der Waals surface area contributed by atoms with Crippen LogP contribution in [0.2, 0.25) is 0 Å². The number of hydrogen-bond donors (Lipinski definition) is 0. The van der Waals surface area contributed by atoms with Crippen LogP contribution in [-0.4, -0.2) is 33.5 Å². The van der Waals surface area contributed by atoms with E-state index in [0.29, 0.717) is 34.2 Å². The smallest absolute Gasteiger partial charge is 0.315 e. The summed E-state index contributed by atoms with van der Waals surface area (Å²) in [7, 11) is 0. The summed E-state index contributed by atoms with van der Waals surface area (Å²) in [5, 5.41) is 17.6. The molecule has 5 rings (SSSR count). The quantitative estimate of drug-likeness (QED) is 0.101. The normalized spacial score (nSPS) is 12.3. The van der Waals surface area contributed by atoms with Gasteiger partial charge >= 0.3 is 5.69 Å². The van der Waals surface area contributed by atoms with E-state index in [1.54, 1.807) is 43.3 Å². The Morgan fingerprint density at radius 2 is 1.98 bits per heavy atom. The van der Waals surface area contributed by atoms with Crippen LogP contribution in [-0.2, 0) is 0 Å². The highest BCUT2D eigenvalue weighted by molar-refractivity contribution is 9.10. The van der Waals surface area contributed by atoms with Crippen LogP contribution in [0, 0.1) is 10.1 Å². The zero-order chi connectivity index (χ0) is 28.4. The molecule has 0 amide bonds. The standard InChI is InChI=1S/C29H25BrN4O6/c1-4-17(3)39-27-23(34(36)37)12-18(13-25(27)38-5-2)16-31-33-28(32-22-9-7-6-8-21(22)29(33)35)26-15-19-14-20(30)10-11-24(19)40-26/h6-17H,4-5H2,1-3H3/t17-/m1/s1. The number of furan rings is 1. The van der Waals surface area contributed by atoms with Gasteiger partial charge in [-0.3, -0.25) is 14.9 Å². The van der Waals surface area contributed by atoms with E-state index in [0.717, 1.165) is 14.5 Å². The summed E-state index contributed by atoms with van der Waals surface area (Å²) in [6, 6.07) is 17.2. The van der Waals surface area contributed by atoms with Gasteiger partial charge in [-0.2, -0.15) is 9.78 Å². The van der Waals surface area contributed by atoms with E-state index in [2.05, 4.69) is 26.0 Å². The minimum atomic E-state index is -0.528. The molecule has 10 nitrogen and oxygen atoms in total. The summed E-state index contributed by atoms with van der Waals surface area (Å²) in [6.07, 6.45) is 1.75. The number of fused-ring (bicyclic) bond motifs is 2. The lowest BCUT2D eigenvalue weighted by Crippen LogP contribution is -2.20. The maximum atomic E-state index is 13.6. The van der Waals surface area contributed by atoms with Gasteiger partial charge in [-0.05, 0) is 62.7 Å². The van der Waals surface area contributed by atoms with E-state index in [9.17, 15) is 14.9 Å². The Hall–Kier alpha value is -4.51. The van der Waals surface area contributed by atoms with Crippen LogP contribution >= 0.6 is 15.9 Å². The van der Waals surface area contributed by atoms with Crippen LogP contribution in [0.1, 0.15) is 32.8 Å². The lowest BCUT2D eigenvalue weighted by atomic mass is 10.1. The van der Waals surface area contributed by atoms with Crippen molar-refractivity contribution in [1.82, 2.24) is 9.66 Å². The monoisotopic (exact) mass is 604 g/mol. The van der Waals surface area contributed by atoms with Gasteiger partial charge in [0.25, 0.3) is 5.56 Å². The highest BCUT2D eigenvalue weighted by Crippen LogP contribution is 2.39. The van der Waals surface area contributed by atoms with Crippen molar-refractivity contribution in [3.05, 3.63) is 91.2 Å². The van der Waals surface area contributed by atoms with Gasteiger partial charge in [0, 0.05) is 21.5 Å². The minimum Gasteiger partial charge on any atom is -0.490 e. The van der Waals surface area contributed by atoms with E-state index in [1.165, 1.54) is 12.3 Å². The van der Waals surface area contributed by atoms with Gasteiger partial charge in [-0.1, -0.05) is 35.0 Å². The Kier molecular flexibility index (Phi) is 7.65. The summed E-state index contributed by atoms with van der Waals surface area (Å²) in [5.41, 5.74) is 0.752. The van der Waals surface area contributed by atoms with Crippen molar-refractivity contribution >= 4 is 49.7 Å². The molecule has 0 unspecified atom stereocenters. The highest BCUT2D eigenvalue weighted by atomic mass is 79.9. The number of nitro benzene ring substituents is 1. The third-order valence-corrected chi connectivity index (χ3v) is 6.72. The number of rotatable bonds is 9. The van der Waals surface area contributed by atoms with E-state index in [-0.39, 0.29) is 35.7 Å². The van der Waals surface area contributed by atoms with Crippen molar-refractivity contribution in [2.24, 2.45) is 5.10 Å². The summed E-state index contributed by atoms with van der Waals surface area (Å²) < 4.78 is 19.6. The first-order valence-corrected chi connectivity index (χ1v) is 13.5. The maximum absolute atomic E-state index is 13.6. The van der Waals surface area contributed by atoms with Crippen LogP contribution in [0.4, 0.5) is 5.69 Å². The molecule has 0 radical (unpaired) electrons. The molecule has 0 saturated carbocycles. The lowest BCUT2D eigenvalue weighted by Gasteiger charge is -2.16. The van der Waals surface area contributed by atoms with Gasteiger partial charge in [-0.15, -0.1) is 0 Å². The molecule has 11 heteroatoms. The van der Waals surface area contributed by atoms with Gasteiger partial charge in [0.1, 0.15) is 5.58 Å². The summed E-state index contributed by atoms with van der Waals surface area (Å²) in [6.45, 7) is 5.80. The van der Waals surface area contributed by atoms with Gasteiger partial charge in [0.15, 0.2) is 11.5 Å². The molecule has 0 aliphatic carbocycles. The summed E-state index contributed by atoms with van der Waals surface area (Å²) in [5.74, 6) is 0.789. The van der Waals surface area contributed by atoms with E-state index >= 15 is 0 Å². The fourth-order valence-electron chi connectivity index (χ4n) is 4.12. The average Bonchev–Trinajstić information content (AvgIpc) is 3.36. The van der Waals surface area contributed by atoms with Crippen molar-refractivity contribution in [2.45, 2.75) is 33.3 Å². The van der Waals surface area contributed by atoms with Crippen LogP contribution in [0.25, 0.3) is 33.5 Å². The van der Waals surface area contributed by atoms with E-state index in [1.807, 2.05) is 32.0 Å². The fourth-order valence-corrected chi connectivity index (χ4v) is 4.50. The molecule has 2 heterocycles. The molecule has 2 aromatic heterocycles. The summed E-state index contributed by atoms with van der Waals surface area (Å²) >= 11 is 3.46. The Morgan fingerprint density at radius 1 is 1.18 bits per heavy atom. The van der Waals surface area contributed by atoms with E-state index < -0.39 is 10.5 Å². The van der Waals surface area contributed by atoms with Gasteiger partial charge in [-0.25, -0.2) is 4.98 Å². The molecular weight excluding hydrogens is 580 g/mol. The lowest BCUT2D eigenvalue weighted by molar-refractivity contribution is -0.386. The predicted octanol–water partition coefficient (Wildman–Crippen LogP) is 6.94. The van der Waals surface area contributed by atoms with Crippen molar-refractivity contribution in [2.75, 3.05) is 6.61 Å². The Bertz CT molecular complexity index is 1830. The van der Waals surface area contributed by atoms with Crippen LogP contribution in [0.15, 0.2) is 79.4 Å². The van der Waals surface area contributed by atoms with Crippen molar-refractivity contribution in [1.29, 1.82) is 0 Å². The average molecular weight is 605 g/mol. The molecule has 3 aromatic carbocycles. The van der Waals surface area contributed by atoms with Gasteiger partial charge in [0.2, 0.25) is 11.6 Å². The Morgan fingerprint density at radius 3 is 2.73 bits per heavy atom. The molecule has 0 N–H and O–H groups in total. The first-order chi connectivity index (χ1) is 19.3. The second-order valence-electron chi connectivity index (χ2n) is 9.00. The Balaban J connectivity index is 1.68. The molecule has 0 aliphatic rings. The molecule has 1 atom stereocenters. The molecule has 204 valence electrons. The molecule has 0 fully saturated rings. The molecule has 0 spiro atoms. The second kappa shape index (κ2) is 11.3. The van der Waals surface area contributed by atoms with E-state index in [4.69, 9.17) is 13.9 Å². The SMILES string of the molecule is CCOc1cc(C=Nn2c(-c3cc4cc(Br)ccc4o3)nc3ccccc3c2=O)cc([N+](=O)[O-])c1O[C@H](C)CC. The zero-order valence-corrected chi connectivity index (χ0v) is 23.5. The zero-order valence-electron chi connectivity index (χ0n) is 22.0. The maximum Gasteiger partial charge on any atom is 0.315 e. The third-order valence-electron chi connectivity index (χ3n) is 6.22. The van der Waals surface area contributed by atoms with Crippen molar-refractivity contribution < 1.29 is 18.8 Å². The number of para-hydroxylation sites is 1. The molecule has 0 aliphatic heterocycles. The molecule has 5 aromatic rings. The summed E-state index contributed by atoms with van der Waals surface area (Å²) in [4.78, 5) is 29.7. The second-order valence-corrected chi connectivity index (χ2v) is 9.92. The number of benzene rings is 3. The number of ether oxygens (including phenoxy) is 2. The van der Waals surface area contributed by atoms with Crippen LogP contribution < -0.4 is 15.0 Å². The number of nitrogens with zero attached hydrogens (tertiary/aromatic N) is 4. The van der Waals surface area contributed by atoms with Crippen LogP contribution in [0.5, 0.6) is 11.5 Å². The van der Waals surface area contributed by atoms with Crippen LogP contribution in [0.3, 0.4) is 0 Å². The molecule has 40 heavy (non-hydrogen) atoms. The molecular formula is C29H25BrN4O6. The first-order valence-electron chi connectivity index (χ1n) is 12.7. The number of halogens is 1. The molecule has 0 saturated heterocycles. The Labute approximate surface area is 237 Å². The largest absolute Gasteiger partial charge is 0.490 e. The number of hydrogen-bond acceptors (Lipinski definition) is 8. The third kappa shape index (κ3) is 5.32. The number of nitro groups is 1. The predicted molar refractivity (Wildman–Crippen MR) is 157 cm³/mol.